The quantitative estimate of drug-likeness (QED) is 0.440. The van der Waals surface area contributed by atoms with Gasteiger partial charge in [-0.05, 0) is 35.4 Å². The van der Waals surface area contributed by atoms with Crippen molar-refractivity contribution in [2.45, 2.75) is 6.10 Å². The van der Waals surface area contributed by atoms with Crippen LogP contribution in [0.25, 0.3) is 0 Å². The van der Waals surface area contributed by atoms with Crippen LogP contribution < -0.4 is 0 Å². The maximum Gasteiger partial charge on any atom is 0.247 e. The molecule has 0 aromatic carbocycles. The Hall–Kier alpha value is 2.76. The zero-order valence-electron chi connectivity index (χ0n) is 12.5. The molecule has 0 N–H and O–H groups in total. The second-order valence-corrected chi connectivity index (χ2v) is 23.9. The first-order valence-corrected chi connectivity index (χ1v) is 19.7. The summed E-state index contributed by atoms with van der Waals surface area (Å²) in [7, 11) is 0. The van der Waals surface area contributed by atoms with Crippen LogP contribution >= 0.6 is 51.2 Å². The molecule has 0 spiro atoms. The Labute approximate surface area is 169 Å². The van der Waals surface area contributed by atoms with Crippen molar-refractivity contribution < 1.29 is 27.1 Å². The molecule has 0 saturated carbocycles. The van der Waals surface area contributed by atoms with E-state index in [9.17, 15) is 0 Å². The third kappa shape index (κ3) is 6.39. The van der Waals surface area contributed by atoms with E-state index in [2.05, 4.69) is 0 Å². The number of rotatable bonds is 8. The average Bonchev–Trinajstić information content (AvgIpc) is 3.26. The minimum absolute atomic E-state index is 0.257. The summed E-state index contributed by atoms with van der Waals surface area (Å²) in [6.45, 7) is 2.39. The van der Waals surface area contributed by atoms with Crippen molar-refractivity contribution in [2.24, 2.45) is 0 Å². The molecule has 3 saturated heterocycles. The highest BCUT2D eigenvalue weighted by Crippen LogP contribution is 2.68. The highest BCUT2D eigenvalue weighted by atomic mass is 32.9. The van der Waals surface area contributed by atoms with E-state index in [-0.39, 0.29) is 13.2 Å². The van der Waals surface area contributed by atoms with Crippen LogP contribution in [0.1, 0.15) is 0 Å². The molecule has 3 rings (SSSR count). The molecule has 0 aromatic rings. The van der Waals surface area contributed by atoms with E-state index in [1.165, 1.54) is 0 Å². The summed E-state index contributed by atoms with van der Waals surface area (Å²) in [6.07, 6.45) is -0.393. The van der Waals surface area contributed by atoms with Gasteiger partial charge in [0, 0.05) is 17.3 Å². The van der Waals surface area contributed by atoms with Gasteiger partial charge >= 0.3 is 0 Å². The van der Waals surface area contributed by atoms with E-state index in [0.29, 0.717) is 19.8 Å². The molecular formula is C9H17O6P3S6. The zero-order valence-corrected chi connectivity index (χ0v) is 20.1. The van der Waals surface area contributed by atoms with Gasteiger partial charge in [-0.25, -0.2) is 0 Å². The van der Waals surface area contributed by atoms with Crippen molar-refractivity contribution in [1.82, 2.24) is 0 Å². The minimum atomic E-state index is -2.34. The molecule has 3 aliphatic rings. The first-order chi connectivity index (χ1) is 11.4. The predicted octanol–water partition coefficient (Wildman–Crippen LogP) is 4.37. The third-order valence-corrected chi connectivity index (χ3v) is 18.9. The summed E-state index contributed by atoms with van der Waals surface area (Å²) in [5.41, 5.74) is -6.87. The monoisotopic (exact) mass is 506 g/mol. The van der Waals surface area contributed by atoms with Gasteiger partial charge in [-0.2, -0.15) is 0 Å². The van der Waals surface area contributed by atoms with Crippen LogP contribution in [0.5, 0.6) is 0 Å². The minimum Gasteiger partial charge on any atom is -0.321 e. The van der Waals surface area contributed by atoms with Crippen molar-refractivity contribution in [3.05, 3.63) is 0 Å². The van der Waals surface area contributed by atoms with Gasteiger partial charge in [-0.3, -0.25) is 0 Å². The molecule has 0 aliphatic carbocycles. The van der Waals surface area contributed by atoms with Gasteiger partial charge in [0.15, 0.2) is 0 Å². The molecule has 24 heavy (non-hydrogen) atoms. The molecule has 140 valence electrons. The van der Waals surface area contributed by atoms with Crippen molar-refractivity contribution >= 4 is 86.6 Å². The SMILES string of the molecule is S=P1(OCC(COP2(=S)OCCS2)OP2(=S)OCCS2)OCCS1. The van der Waals surface area contributed by atoms with Gasteiger partial charge in [-0.1, -0.05) is 34.1 Å². The van der Waals surface area contributed by atoms with Gasteiger partial charge in [0.05, 0.1) is 33.0 Å². The lowest BCUT2D eigenvalue weighted by Gasteiger charge is -2.26. The Balaban J connectivity index is 1.57. The van der Waals surface area contributed by atoms with Crippen LogP contribution in [0.4, 0.5) is 0 Å². The molecule has 3 heterocycles. The topological polar surface area (TPSA) is 55.4 Å². The summed E-state index contributed by atoms with van der Waals surface area (Å²) in [5, 5.41) is 0. The summed E-state index contributed by atoms with van der Waals surface area (Å²) in [6, 6.07) is 0. The van der Waals surface area contributed by atoms with Crippen molar-refractivity contribution in [3.8, 4) is 0 Å². The van der Waals surface area contributed by atoms with E-state index in [1.807, 2.05) is 0 Å². The standard InChI is InChI=1S/C9H17O6P3S6/c19-16(10-1-4-22-16)13-7-9(15-18(21)12-3-6-24-18)8-14-17(20)11-2-5-23-17/h9H,1-8H2. The second kappa shape index (κ2) is 9.51. The molecular weight excluding hydrogens is 489 g/mol. The number of hydrogen-bond donors (Lipinski definition) is 0. The fourth-order valence-corrected chi connectivity index (χ4v) is 14.9. The van der Waals surface area contributed by atoms with Crippen molar-refractivity contribution in [2.75, 3.05) is 50.3 Å². The number of hydrogen-bond acceptors (Lipinski definition) is 12. The van der Waals surface area contributed by atoms with Crippen LogP contribution in [-0.4, -0.2) is 56.4 Å². The summed E-state index contributed by atoms with van der Waals surface area (Å²) in [4.78, 5) is 0. The van der Waals surface area contributed by atoms with Gasteiger partial charge in [0.1, 0.15) is 6.10 Å². The summed E-state index contributed by atoms with van der Waals surface area (Å²) in [5.74, 6) is 2.57. The predicted molar refractivity (Wildman–Crippen MR) is 115 cm³/mol. The lowest BCUT2D eigenvalue weighted by atomic mass is 10.4. The first-order valence-electron chi connectivity index (χ1n) is 7.05. The lowest BCUT2D eigenvalue weighted by molar-refractivity contribution is 0.0815. The van der Waals surface area contributed by atoms with Crippen LogP contribution in [0.3, 0.4) is 0 Å². The van der Waals surface area contributed by atoms with Crippen LogP contribution in [0, 0.1) is 0 Å². The van der Waals surface area contributed by atoms with Crippen molar-refractivity contribution in [3.63, 3.8) is 0 Å². The largest absolute Gasteiger partial charge is 0.321 e. The van der Waals surface area contributed by atoms with E-state index >= 15 is 0 Å². The Bertz CT molecular complexity index is 528. The lowest BCUT2D eigenvalue weighted by Crippen LogP contribution is -2.23. The van der Waals surface area contributed by atoms with E-state index < -0.39 is 23.2 Å². The van der Waals surface area contributed by atoms with E-state index in [0.717, 1.165) is 17.3 Å². The van der Waals surface area contributed by atoms with Gasteiger partial charge < -0.3 is 27.1 Å². The molecule has 0 aromatic heterocycles. The summed E-state index contributed by atoms with van der Waals surface area (Å²) >= 11 is 21.1. The van der Waals surface area contributed by atoms with Crippen LogP contribution in [0.15, 0.2) is 0 Å². The zero-order chi connectivity index (χ0) is 17.1. The van der Waals surface area contributed by atoms with E-state index in [1.54, 1.807) is 34.1 Å². The summed E-state index contributed by atoms with van der Waals surface area (Å²) < 4.78 is 34.5. The fraction of sp³-hybridized carbons (Fsp3) is 1.00. The Kier molecular flexibility index (Phi) is 8.50. The van der Waals surface area contributed by atoms with Crippen LogP contribution in [-0.2, 0) is 62.6 Å². The Morgan fingerprint density at radius 3 is 1.54 bits per heavy atom. The molecule has 0 radical (unpaired) electrons. The molecule has 3 atom stereocenters. The fourth-order valence-electron chi connectivity index (χ4n) is 1.86. The molecule has 3 aliphatic heterocycles. The highest BCUT2D eigenvalue weighted by Gasteiger charge is 2.34. The Morgan fingerprint density at radius 2 is 1.17 bits per heavy atom. The molecule has 15 heteroatoms. The highest BCUT2D eigenvalue weighted by molar-refractivity contribution is 8.69. The maximum absolute atomic E-state index is 6.04. The maximum atomic E-state index is 6.04. The molecule has 0 amide bonds. The van der Waals surface area contributed by atoms with Crippen LogP contribution in [0.2, 0.25) is 0 Å². The van der Waals surface area contributed by atoms with E-state index in [4.69, 9.17) is 62.6 Å². The molecule has 0 bridgehead atoms. The van der Waals surface area contributed by atoms with Crippen molar-refractivity contribution in [1.29, 1.82) is 0 Å². The first kappa shape index (κ1) is 21.5. The van der Waals surface area contributed by atoms with Gasteiger partial charge in [-0.15, -0.1) is 0 Å². The smallest absolute Gasteiger partial charge is 0.247 e. The molecule has 6 nitrogen and oxygen atoms in total. The normalized spacial score (nSPS) is 41.0. The van der Waals surface area contributed by atoms with Gasteiger partial charge in [0.2, 0.25) is 17.1 Å². The van der Waals surface area contributed by atoms with Gasteiger partial charge in [0.25, 0.3) is 0 Å². The Morgan fingerprint density at radius 1 is 0.750 bits per heavy atom. The molecule has 3 fully saturated rings. The second-order valence-electron chi connectivity index (χ2n) is 4.66. The third-order valence-electron chi connectivity index (χ3n) is 2.86. The average molecular weight is 507 g/mol. The molecule has 3 unspecified atom stereocenters.